The second-order valence-electron chi connectivity index (χ2n) is 7.66. The molecule has 0 radical (unpaired) electrons. The number of rotatable bonds is 4. The smallest absolute Gasteiger partial charge is 0.338 e. The lowest BCUT2D eigenvalue weighted by Crippen LogP contribution is -2.56. The number of allylic oxidation sites excluding steroid dienone is 1. The Labute approximate surface area is 157 Å². The van der Waals surface area contributed by atoms with Crippen LogP contribution in [0.1, 0.15) is 33.6 Å². The number of hydrogen-bond donors (Lipinski definition) is 0. The van der Waals surface area contributed by atoms with E-state index in [0.717, 1.165) is 6.29 Å². The number of carbonyl (C=O) groups excluding carboxylic acids is 4. The summed E-state index contributed by atoms with van der Waals surface area (Å²) in [6, 6.07) is 0. The minimum Gasteiger partial charge on any atom is -0.467 e. The van der Waals surface area contributed by atoms with E-state index in [-0.39, 0.29) is 11.7 Å². The first-order chi connectivity index (χ1) is 12.7. The standard InChI is InChI=1S/C20H24O7/c1-11-5-7-14(10-21)20(17(27-20)18(24)25-4)19(11,3)15(22)9-13-6-8-16(23)26-12(13)2/h6,8-12,14,17H,5,7H2,1-4H3/b13-9+/t11?,12-,14+,17-,19+,20+/m1/s1. The average molecular weight is 376 g/mol. The van der Waals surface area contributed by atoms with Crippen molar-refractivity contribution in [3.8, 4) is 0 Å². The first-order valence-electron chi connectivity index (χ1n) is 9.08. The Bertz CT molecular complexity index is 751. The van der Waals surface area contributed by atoms with Crippen LogP contribution in [0.3, 0.4) is 0 Å². The zero-order chi connectivity index (χ0) is 20.0. The van der Waals surface area contributed by atoms with Crippen LogP contribution in [0.2, 0.25) is 0 Å². The topological polar surface area (TPSA) is 99.3 Å². The molecule has 27 heavy (non-hydrogen) atoms. The van der Waals surface area contributed by atoms with Gasteiger partial charge in [0.05, 0.1) is 12.5 Å². The molecule has 3 rings (SSSR count). The van der Waals surface area contributed by atoms with Crippen molar-refractivity contribution in [2.75, 3.05) is 7.11 Å². The van der Waals surface area contributed by atoms with Gasteiger partial charge in [-0.3, -0.25) is 4.79 Å². The van der Waals surface area contributed by atoms with Gasteiger partial charge in [-0.15, -0.1) is 0 Å². The molecule has 2 fully saturated rings. The lowest BCUT2D eigenvalue weighted by atomic mass is 9.54. The highest BCUT2D eigenvalue weighted by Gasteiger charge is 2.78. The normalized spacial score (nSPS) is 41.9. The van der Waals surface area contributed by atoms with E-state index in [4.69, 9.17) is 14.2 Å². The largest absolute Gasteiger partial charge is 0.467 e. The van der Waals surface area contributed by atoms with Gasteiger partial charge < -0.3 is 19.0 Å². The fraction of sp³-hybridized carbons (Fsp3) is 0.600. The van der Waals surface area contributed by atoms with Gasteiger partial charge in [0.1, 0.15) is 18.0 Å². The summed E-state index contributed by atoms with van der Waals surface area (Å²) in [4.78, 5) is 48.6. The number of esters is 2. The summed E-state index contributed by atoms with van der Waals surface area (Å²) >= 11 is 0. The van der Waals surface area contributed by atoms with Crippen LogP contribution in [-0.4, -0.2) is 48.9 Å². The Morgan fingerprint density at radius 3 is 2.56 bits per heavy atom. The Morgan fingerprint density at radius 2 is 1.96 bits per heavy atom. The average Bonchev–Trinajstić information content (AvgIpc) is 3.38. The molecule has 7 heteroatoms. The Kier molecular flexibility index (Phi) is 4.84. The fourth-order valence-electron chi connectivity index (χ4n) is 4.52. The maximum absolute atomic E-state index is 13.4. The SMILES string of the molecule is COC(=O)[C@H]1O[C@@]12[C@H](C=O)CCC(C)[C@@]2(C)C(=O)/C=C1\C=CC(=O)O[C@@H]1C. The summed E-state index contributed by atoms with van der Waals surface area (Å²) < 4.78 is 15.7. The molecule has 0 amide bonds. The molecule has 1 saturated heterocycles. The number of aldehydes is 1. The third kappa shape index (κ3) is 2.76. The van der Waals surface area contributed by atoms with Crippen LogP contribution in [0, 0.1) is 17.3 Å². The van der Waals surface area contributed by atoms with Gasteiger partial charge in [0.25, 0.3) is 0 Å². The van der Waals surface area contributed by atoms with Crippen LogP contribution in [0.5, 0.6) is 0 Å². The summed E-state index contributed by atoms with van der Waals surface area (Å²) in [6.45, 7) is 5.36. The monoisotopic (exact) mass is 376 g/mol. The summed E-state index contributed by atoms with van der Waals surface area (Å²) in [5.41, 5.74) is -1.73. The van der Waals surface area contributed by atoms with Crippen LogP contribution in [0.4, 0.5) is 0 Å². The van der Waals surface area contributed by atoms with Crippen molar-refractivity contribution in [2.24, 2.45) is 17.3 Å². The van der Waals surface area contributed by atoms with Gasteiger partial charge in [-0.1, -0.05) is 6.92 Å². The molecule has 1 unspecified atom stereocenters. The molecule has 0 aromatic rings. The predicted octanol–water partition coefficient (Wildman–Crippen LogP) is 1.55. The molecule has 1 spiro atoms. The van der Waals surface area contributed by atoms with Crippen LogP contribution in [0.15, 0.2) is 23.8 Å². The van der Waals surface area contributed by atoms with E-state index in [9.17, 15) is 19.2 Å². The third-order valence-electron chi connectivity index (χ3n) is 6.47. The van der Waals surface area contributed by atoms with Gasteiger partial charge >= 0.3 is 11.9 Å². The van der Waals surface area contributed by atoms with Crippen molar-refractivity contribution in [1.82, 2.24) is 0 Å². The van der Waals surface area contributed by atoms with Crippen molar-refractivity contribution in [1.29, 1.82) is 0 Å². The summed E-state index contributed by atoms with van der Waals surface area (Å²) in [5, 5.41) is 0. The molecule has 3 aliphatic rings. The number of hydrogen-bond acceptors (Lipinski definition) is 7. The van der Waals surface area contributed by atoms with Gasteiger partial charge in [0.2, 0.25) is 0 Å². The molecule has 146 valence electrons. The Hall–Kier alpha value is -2.28. The van der Waals surface area contributed by atoms with E-state index < -0.39 is 41.1 Å². The number of ketones is 1. The van der Waals surface area contributed by atoms with E-state index in [1.165, 1.54) is 19.3 Å². The number of cyclic esters (lactones) is 1. The second kappa shape index (κ2) is 6.71. The fourth-order valence-corrected chi connectivity index (χ4v) is 4.52. The van der Waals surface area contributed by atoms with Gasteiger partial charge in [-0.25, -0.2) is 9.59 Å². The predicted molar refractivity (Wildman–Crippen MR) is 93.5 cm³/mol. The molecule has 0 N–H and O–H groups in total. The lowest BCUT2D eigenvalue weighted by molar-refractivity contribution is -0.144. The van der Waals surface area contributed by atoms with Crippen LogP contribution in [0.25, 0.3) is 0 Å². The molecule has 1 aliphatic carbocycles. The van der Waals surface area contributed by atoms with Gasteiger partial charge in [0, 0.05) is 12.0 Å². The number of ether oxygens (including phenoxy) is 3. The highest BCUT2D eigenvalue weighted by Crippen LogP contribution is 2.63. The number of epoxide rings is 1. The van der Waals surface area contributed by atoms with Crippen molar-refractivity contribution in [3.63, 3.8) is 0 Å². The Balaban J connectivity index is 2.03. The summed E-state index contributed by atoms with van der Waals surface area (Å²) in [6.07, 6.45) is 4.75. The molecule has 0 bridgehead atoms. The maximum atomic E-state index is 13.4. The van der Waals surface area contributed by atoms with Crippen LogP contribution >= 0.6 is 0 Å². The van der Waals surface area contributed by atoms with E-state index in [1.807, 2.05) is 6.92 Å². The minimum atomic E-state index is -1.20. The van der Waals surface area contributed by atoms with Crippen LogP contribution in [-0.2, 0) is 33.4 Å². The maximum Gasteiger partial charge on any atom is 0.338 e. The van der Waals surface area contributed by atoms with Crippen molar-refractivity contribution in [2.45, 2.75) is 51.4 Å². The van der Waals surface area contributed by atoms with Crippen molar-refractivity contribution < 1.29 is 33.4 Å². The quantitative estimate of drug-likeness (QED) is 0.318. The second-order valence-corrected chi connectivity index (χ2v) is 7.66. The molecular formula is C20H24O7. The molecule has 1 saturated carbocycles. The Morgan fingerprint density at radius 1 is 1.26 bits per heavy atom. The van der Waals surface area contributed by atoms with Crippen molar-refractivity contribution in [3.05, 3.63) is 23.8 Å². The molecule has 2 aliphatic heterocycles. The summed E-state index contributed by atoms with van der Waals surface area (Å²) in [5.74, 6) is -1.97. The van der Waals surface area contributed by atoms with E-state index in [0.29, 0.717) is 18.4 Å². The molecule has 2 heterocycles. The zero-order valence-corrected chi connectivity index (χ0v) is 15.9. The highest BCUT2D eigenvalue weighted by atomic mass is 16.7. The third-order valence-corrected chi connectivity index (χ3v) is 6.47. The molecule has 7 nitrogen and oxygen atoms in total. The molecule has 0 aromatic heterocycles. The zero-order valence-electron chi connectivity index (χ0n) is 15.9. The lowest BCUT2D eigenvalue weighted by Gasteiger charge is -2.46. The molecular weight excluding hydrogens is 352 g/mol. The summed E-state index contributed by atoms with van der Waals surface area (Å²) in [7, 11) is 1.25. The van der Waals surface area contributed by atoms with Gasteiger partial charge in [0.15, 0.2) is 11.9 Å². The molecule has 6 atom stereocenters. The van der Waals surface area contributed by atoms with Gasteiger partial charge in [-0.05, 0) is 50.3 Å². The van der Waals surface area contributed by atoms with Gasteiger partial charge in [-0.2, -0.15) is 0 Å². The molecule has 0 aromatic carbocycles. The highest BCUT2D eigenvalue weighted by molar-refractivity contribution is 6.00. The van der Waals surface area contributed by atoms with Crippen LogP contribution < -0.4 is 0 Å². The van der Waals surface area contributed by atoms with E-state index in [1.54, 1.807) is 19.9 Å². The van der Waals surface area contributed by atoms with E-state index in [2.05, 4.69) is 0 Å². The number of methoxy groups -OCH3 is 1. The van der Waals surface area contributed by atoms with Crippen molar-refractivity contribution >= 4 is 24.0 Å². The number of carbonyl (C=O) groups is 4. The minimum absolute atomic E-state index is 0.113. The first kappa shape index (κ1) is 19.5. The first-order valence-corrected chi connectivity index (χ1v) is 9.08. The van der Waals surface area contributed by atoms with E-state index >= 15 is 0 Å².